The van der Waals surface area contributed by atoms with Crippen molar-refractivity contribution in [3.8, 4) is 17.2 Å². The van der Waals surface area contributed by atoms with E-state index in [1.165, 1.54) is 30.5 Å². The van der Waals surface area contributed by atoms with Crippen LogP contribution in [0.4, 0.5) is 0 Å². The molecule has 2 fully saturated rings. The second kappa shape index (κ2) is 10.7. The Morgan fingerprint density at radius 3 is 1.94 bits per heavy atom. The third kappa shape index (κ3) is 4.89. The molecule has 0 aliphatic carbocycles. The van der Waals surface area contributed by atoms with Gasteiger partial charge in [-0.3, -0.25) is 9.80 Å². The second-order valence-corrected chi connectivity index (χ2v) is 9.60. The van der Waals surface area contributed by atoms with Crippen LogP contribution in [0, 0.1) is 0 Å². The Bertz CT molecular complexity index is 1040. The predicted octanol–water partition coefficient (Wildman–Crippen LogP) is 5.19. The van der Waals surface area contributed by atoms with E-state index in [9.17, 15) is 0 Å². The maximum Gasteiger partial charge on any atom is 0.130 e. The normalized spacial score (nSPS) is 20.6. The zero-order valence-corrected chi connectivity index (χ0v) is 21.0. The number of fused-ring (bicyclic) bond motifs is 1. The fourth-order valence-corrected chi connectivity index (χ4v) is 6.07. The molecule has 2 saturated heterocycles. The summed E-state index contributed by atoms with van der Waals surface area (Å²) in [7, 11) is 5.11. The summed E-state index contributed by atoms with van der Waals surface area (Å²) in [5.74, 6) is 2.69. The molecule has 2 aliphatic heterocycles. The summed E-state index contributed by atoms with van der Waals surface area (Å²) in [6.45, 7) is 4.01. The molecule has 0 spiro atoms. The maximum absolute atomic E-state index is 5.77. The van der Waals surface area contributed by atoms with Gasteiger partial charge in [-0.2, -0.15) is 0 Å². The van der Waals surface area contributed by atoms with Gasteiger partial charge in [0.05, 0.1) is 26.9 Å². The molecular weight excluding hydrogens is 436 g/mol. The van der Waals surface area contributed by atoms with E-state index in [1.54, 1.807) is 21.3 Å². The van der Waals surface area contributed by atoms with E-state index >= 15 is 0 Å². The first-order valence-electron chi connectivity index (χ1n) is 12.6. The minimum Gasteiger partial charge on any atom is -0.496 e. The molecule has 184 valence electrons. The summed E-state index contributed by atoms with van der Waals surface area (Å²) in [5.41, 5.74) is 3.85. The lowest BCUT2D eigenvalue weighted by atomic mass is 9.82. The van der Waals surface area contributed by atoms with Gasteiger partial charge >= 0.3 is 0 Å². The van der Waals surface area contributed by atoms with E-state index in [4.69, 9.17) is 14.2 Å². The smallest absolute Gasteiger partial charge is 0.130 e. The molecule has 35 heavy (non-hydrogen) atoms. The van der Waals surface area contributed by atoms with Gasteiger partial charge in [0.15, 0.2) is 0 Å². The zero-order valence-electron chi connectivity index (χ0n) is 21.0. The number of methoxy groups -OCH3 is 3. The molecule has 5 heteroatoms. The van der Waals surface area contributed by atoms with Crippen molar-refractivity contribution in [1.29, 1.82) is 0 Å². The van der Waals surface area contributed by atoms with Crippen LogP contribution < -0.4 is 14.2 Å². The molecule has 2 aliphatic rings. The average Bonchev–Trinajstić information content (AvgIpc) is 3.39. The van der Waals surface area contributed by atoms with E-state index in [2.05, 4.69) is 70.5 Å². The Balaban J connectivity index is 1.50. The van der Waals surface area contributed by atoms with Gasteiger partial charge < -0.3 is 14.2 Å². The molecule has 0 aromatic heterocycles. The molecule has 2 atom stereocenters. The van der Waals surface area contributed by atoms with Gasteiger partial charge in [-0.1, -0.05) is 60.7 Å². The highest BCUT2D eigenvalue weighted by Gasteiger charge is 2.42. The molecule has 0 amide bonds. The van der Waals surface area contributed by atoms with Gasteiger partial charge in [-0.25, -0.2) is 0 Å². The summed E-state index contributed by atoms with van der Waals surface area (Å²) in [5, 5.41) is 0. The fraction of sp³-hybridized carbons (Fsp3) is 0.400. The fourth-order valence-electron chi connectivity index (χ4n) is 6.07. The molecule has 3 aromatic carbocycles. The topological polar surface area (TPSA) is 34.2 Å². The number of rotatable bonds is 8. The van der Waals surface area contributed by atoms with Crippen molar-refractivity contribution < 1.29 is 14.2 Å². The minimum atomic E-state index is 0.320. The molecule has 5 nitrogen and oxygen atoms in total. The summed E-state index contributed by atoms with van der Waals surface area (Å²) < 4.78 is 17.0. The number of hydrogen-bond donors (Lipinski definition) is 0. The van der Waals surface area contributed by atoms with E-state index in [1.807, 2.05) is 12.1 Å². The lowest BCUT2D eigenvalue weighted by molar-refractivity contribution is 0.0377. The van der Waals surface area contributed by atoms with Crippen LogP contribution in [0.25, 0.3) is 0 Å². The number of ether oxygens (including phenoxy) is 3. The first-order valence-corrected chi connectivity index (χ1v) is 12.6. The molecule has 5 rings (SSSR count). The van der Waals surface area contributed by atoms with Gasteiger partial charge in [0, 0.05) is 49.8 Å². The van der Waals surface area contributed by atoms with Gasteiger partial charge in [-0.15, -0.1) is 0 Å². The monoisotopic (exact) mass is 472 g/mol. The van der Waals surface area contributed by atoms with Crippen LogP contribution in [0.15, 0.2) is 72.8 Å². The van der Waals surface area contributed by atoms with Gasteiger partial charge in [0.25, 0.3) is 0 Å². The summed E-state index contributed by atoms with van der Waals surface area (Å²) in [6.07, 6.45) is 2.51. The van der Waals surface area contributed by atoms with Crippen molar-refractivity contribution in [2.45, 2.75) is 37.4 Å². The molecule has 0 bridgehead atoms. The van der Waals surface area contributed by atoms with Crippen molar-refractivity contribution in [3.05, 3.63) is 89.5 Å². The molecule has 0 N–H and O–H groups in total. The Kier molecular flexibility index (Phi) is 7.26. The number of benzene rings is 3. The van der Waals surface area contributed by atoms with E-state index < -0.39 is 0 Å². The van der Waals surface area contributed by atoms with Crippen molar-refractivity contribution in [2.75, 3.05) is 41.0 Å². The van der Waals surface area contributed by atoms with E-state index in [-0.39, 0.29) is 0 Å². The summed E-state index contributed by atoms with van der Waals surface area (Å²) >= 11 is 0. The lowest BCUT2D eigenvalue weighted by Crippen LogP contribution is -2.57. The minimum absolute atomic E-state index is 0.320. The molecular formula is C30H36N2O3. The van der Waals surface area contributed by atoms with Crippen LogP contribution in [-0.2, 0) is 6.54 Å². The first-order chi connectivity index (χ1) is 17.2. The highest BCUT2D eigenvalue weighted by atomic mass is 16.5. The van der Waals surface area contributed by atoms with Crippen molar-refractivity contribution >= 4 is 0 Å². The quantitative estimate of drug-likeness (QED) is 0.451. The Morgan fingerprint density at radius 1 is 0.800 bits per heavy atom. The Labute approximate surface area is 209 Å². The second-order valence-electron chi connectivity index (χ2n) is 9.60. The molecule has 1 unspecified atom stereocenters. The summed E-state index contributed by atoms with van der Waals surface area (Å²) in [6, 6.07) is 26.9. The standard InChI is InChI=1S/C30H36N2O3/c1-33-25-17-28(34-2)26(29(18-25)35-3)20-31-19-24-15-10-16-32(24)27(21-31)30(22-11-6-4-7-12-22)23-13-8-5-9-14-23/h4-9,11-14,17-18,24,27,30H,10,15-16,19-21H2,1-3H3/t24-,27?/m0/s1. The number of piperazine rings is 1. The van der Waals surface area contributed by atoms with Crippen molar-refractivity contribution in [3.63, 3.8) is 0 Å². The zero-order chi connectivity index (χ0) is 24.2. The van der Waals surface area contributed by atoms with E-state index in [0.717, 1.165) is 42.4 Å². The van der Waals surface area contributed by atoms with Gasteiger partial charge in [0.2, 0.25) is 0 Å². The maximum atomic E-state index is 5.77. The van der Waals surface area contributed by atoms with Gasteiger partial charge in [0.1, 0.15) is 17.2 Å². The first kappa shape index (κ1) is 23.7. The van der Waals surface area contributed by atoms with Crippen LogP contribution in [0.5, 0.6) is 17.2 Å². The molecule has 3 aromatic rings. The van der Waals surface area contributed by atoms with Crippen LogP contribution in [0.3, 0.4) is 0 Å². The average molecular weight is 473 g/mol. The number of hydrogen-bond acceptors (Lipinski definition) is 5. The van der Waals surface area contributed by atoms with Crippen molar-refractivity contribution in [1.82, 2.24) is 9.80 Å². The predicted molar refractivity (Wildman–Crippen MR) is 140 cm³/mol. The highest BCUT2D eigenvalue weighted by Crippen LogP contribution is 2.40. The Hall–Kier alpha value is -3.02. The van der Waals surface area contributed by atoms with Crippen molar-refractivity contribution in [2.24, 2.45) is 0 Å². The molecule has 2 heterocycles. The van der Waals surface area contributed by atoms with Crippen LogP contribution in [-0.4, -0.2) is 62.8 Å². The van der Waals surface area contributed by atoms with Crippen LogP contribution >= 0.6 is 0 Å². The Morgan fingerprint density at radius 2 is 1.40 bits per heavy atom. The van der Waals surface area contributed by atoms with Crippen LogP contribution in [0.2, 0.25) is 0 Å². The third-order valence-corrected chi connectivity index (χ3v) is 7.66. The largest absolute Gasteiger partial charge is 0.496 e. The molecule has 0 radical (unpaired) electrons. The highest BCUT2D eigenvalue weighted by molar-refractivity contribution is 5.50. The summed E-state index contributed by atoms with van der Waals surface area (Å²) in [4.78, 5) is 5.38. The van der Waals surface area contributed by atoms with Crippen LogP contribution in [0.1, 0.15) is 35.4 Å². The SMILES string of the molecule is COc1cc(OC)c(CN2CC(C(c3ccccc3)c3ccccc3)N3CCC[C@H]3C2)c(OC)c1. The lowest BCUT2D eigenvalue weighted by Gasteiger charge is -2.47. The third-order valence-electron chi connectivity index (χ3n) is 7.66. The molecule has 0 saturated carbocycles. The van der Waals surface area contributed by atoms with E-state index in [0.29, 0.717) is 18.0 Å². The number of nitrogens with zero attached hydrogens (tertiary/aromatic N) is 2. The van der Waals surface area contributed by atoms with Gasteiger partial charge in [-0.05, 0) is 30.5 Å².